The van der Waals surface area contributed by atoms with Crippen molar-refractivity contribution in [2.75, 3.05) is 13.2 Å². The number of carbonyl (C=O) groups is 2. The molecule has 6 nitrogen and oxygen atoms in total. The highest BCUT2D eigenvalue weighted by atomic mass is 16.7. The van der Waals surface area contributed by atoms with E-state index in [2.05, 4.69) is 13.2 Å². The van der Waals surface area contributed by atoms with Gasteiger partial charge >= 0.3 is 11.9 Å². The summed E-state index contributed by atoms with van der Waals surface area (Å²) >= 11 is 0. The van der Waals surface area contributed by atoms with Crippen LogP contribution in [0.2, 0.25) is 0 Å². The van der Waals surface area contributed by atoms with Gasteiger partial charge in [0.15, 0.2) is 0 Å². The van der Waals surface area contributed by atoms with Gasteiger partial charge in [0.05, 0.1) is 11.1 Å². The van der Waals surface area contributed by atoms with E-state index in [9.17, 15) is 9.59 Å². The van der Waals surface area contributed by atoms with E-state index in [-0.39, 0.29) is 24.4 Å². The number of para-hydroxylation sites is 2. The molecule has 2 aromatic rings. The third-order valence-corrected chi connectivity index (χ3v) is 3.57. The zero-order valence-corrected chi connectivity index (χ0v) is 16.6. The highest BCUT2D eigenvalue weighted by Gasteiger charge is 2.29. The topological polar surface area (TPSA) is 71.1 Å². The van der Waals surface area contributed by atoms with Crippen LogP contribution >= 0.6 is 0 Å². The summed E-state index contributed by atoms with van der Waals surface area (Å²) in [5.41, 5.74) is 0.174. The molecule has 0 amide bonds. The van der Waals surface area contributed by atoms with Crippen molar-refractivity contribution in [1.82, 2.24) is 0 Å². The zero-order valence-electron chi connectivity index (χ0n) is 16.6. The molecule has 0 saturated heterocycles. The highest BCUT2D eigenvalue weighted by molar-refractivity contribution is 5.90. The molecule has 0 aliphatic rings. The van der Waals surface area contributed by atoms with E-state index < -0.39 is 17.7 Å². The Hall–Kier alpha value is -3.54. The highest BCUT2D eigenvalue weighted by Crippen LogP contribution is 2.17. The molecule has 0 unspecified atom stereocenters. The van der Waals surface area contributed by atoms with E-state index in [0.29, 0.717) is 11.5 Å². The monoisotopic (exact) mass is 396 g/mol. The van der Waals surface area contributed by atoms with E-state index in [1.165, 1.54) is 13.8 Å². The first-order valence-electron chi connectivity index (χ1n) is 8.95. The molecule has 0 atom stereocenters. The van der Waals surface area contributed by atoms with Crippen molar-refractivity contribution >= 4 is 11.9 Å². The Bertz CT molecular complexity index is 784. The fourth-order valence-corrected chi connectivity index (χ4v) is 2.10. The number of benzene rings is 2. The second-order valence-electron chi connectivity index (χ2n) is 6.59. The first-order valence-corrected chi connectivity index (χ1v) is 8.95. The average molecular weight is 396 g/mol. The number of hydrogen-bond acceptors (Lipinski definition) is 6. The number of rotatable bonds is 10. The third kappa shape index (κ3) is 7.54. The zero-order chi connectivity index (χ0) is 21.3. The molecular weight excluding hydrogens is 372 g/mol. The summed E-state index contributed by atoms with van der Waals surface area (Å²) in [5, 5.41) is 0. The lowest BCUT2D eigenvalue weighted by molar-refractivity contribution is -0.211. The average Bonchev–Trinajstić information content (AvgIpc) is 2.70. The molecule has 2 aromatic carbocycles. The van der Waals surface area contributed by atoms with Crippen LogP contribution in [0.25, 0.3) is 0 Å². The molecule has 0 N–H and O–H groups in total. The van der Waals surface area contributed by atoms with E-state index in [1.54, 1.807) is 24.3 Å². The second-order valence-corrected chi connectivity index (χ2v) is 6.59. The summed E-state index contributed by atoms with van der Waals surface area (Å²) in [4.78, 5) is 24.4. The normalized spacial score (nSPS) is 10.6. The predicted octanol–water partition coefficient (Wildman–Crippen LogP) is 4.08. The van der Waals surface area contributed by atoms with Gasteiger partial charge in [-0.05, 0) is 24.3 Å². The van der Waals surface area contributed by atoms with Gasteiger partial charge in [-0.2, -0.15) is 0 Å². The number of hydrogen-bond donors (Lipinski definition) is 0. The van der Waals surface area contributed by atoms with Crippen LogP contribution in [-0.2, 0) is 19.1 Å². The lowest BCUT2D eigenvalue weighted by atomic mass is 10.3. The first-order chi connectivity index (χ1) is 13.8. The molecule has 0 fully saturated rings. The van der Waals surface area contributed by atoms with Crippen LogP contribution in [0.5, 0.6) is 11.5 Å². The number of carbonyl (C=O) groups excluding carboxylic acids is 2. The van der Waals surface area contributed by atoms with Gasteiger partial charge in [0.2, 0.25) is 0 Å². The molecule has 29 heavy (non-hydrogen) atoms. The maximum Gasteiger partial charge on any atom is 0.340 e. The van der Waals surface area contributed by atoms with Crippen LogP contribution in [0.3, 0.4) is 0 Å². The Morgan fingerprint density at radius 3 is 1.41 bits per heavy atom. The maximum absolute atomic E-state index is 12.2. The molecule has 0 radical (unpaired) electrons. The van der Waals surface area contributed by atoms with Crippen molar-refractivity contribution in [2.45, 2.75) is 19.6 Å². The Morgan fingerprint density at radius 2 is 1.07 bits per heavy atom. The van der Waals surface area contributed by atoms with Crippen molar-refractivity contribution in [3.05, 3.63) is 85.0 Å². The third-order valence-electron chi connectivity index (χ3n) is 3.57. The Kier molecular flexibility index (Phi) is 7.60. The minimum atomic E-state index is -1.51. The van der Waals surface area contributed by atoms with Gasteiger partial charge < -0.3 is 18.9 Å². The van der Waals surface area contributed by atoms with Crippen LogP contribution in [0.1, 0.15) is 13.8 Å². The first kappa shape index (κ1) is 21.8. The van der Waals surface area contributed by atoms with Crippen molar-refractivity contribution in [3.63, 3.8) is 0 Å². The summed E-state index contributed by atoms with van der Waals surface area (Å²) < 4.78 is 21.4. The minimum Gasteiger partial charge on any atom is -0.489 e. The standard InChI is InChI=1S/C23H24O6/c1-17(15-26-19-11-7-5-8-12-19)21(24)28-23(3,4)29-22(25)18(2)16-27-20-13-9-6-10-14-20/h5-14H,1-2,15-16H2,3-4H3. The minimum absolute atomic E-state index is 0.0511. The SMILES string of the molecule is C=C(COc1ccccc1)C(=O)OC(C)(C)OC(=O)C(=C)COc1ccccc1. The van der Waals surface area contributed by atoms with Crippen molar-refractivity contribution < 1.29 is 28.5 Å². The largest absolute Gasteiger partial charge is 0.489 e. The maximum atomic E-state index is 12.2. The van der Waals surface area contributed by atoms with Gasteiger partial charge in [0, 0.05) is 13.8 Å². The van der Waals surface area contributed by atoms with Crippen LogP contribution in [-0.4, -0.2) is 30.9 Å². The van der Waals surface area contributed by atoms with Crippen molar-refractivity contribution in [3.8, 4) is 11.5 Å². The molecule has 0 spiro atoms. The summed E-state index contributed by atoms with van der Waals surface area (Å²) in [7, 11) is 0. The Morgan fingerprint density at radius 1 is 0.724 bits per heavy atom. The van der Waals surface area contributed by atoms with Gasteiger partial charge in [-0.15, -0.1) is 0 Å². The second kappa shape index (κ2) is 10.1. The van der Waals surface area contributed by atoms with E-state index in [4.69, 9.17) is 18.9 Å². The van der Waals surface area contributed by atoms with E-state index in [1.807, 2.05) is 36.4 Å². The summed E-state index contributed by atoms with van der Waals surface area (Å²) in [5.74, 6) is -1.78. The van der Waals surface area contributed by atoms with E-state index in [0.717, 1.165) is 0 Å². The molecule has 0 aliphatic carbocycles. The summed E-state index contributed by atoms with van der Waals surface area (Å²) in [6.45, 7) is 10.1. The molecule has 152 valence electrons. The Labute approximate surface area is 170 Å². The summed E-state index contributed by atoms with van der Waals surface area (Å²) in [6, 6.07) is 18.0. The van der Waals surface area contributed by atoms with E-state index >= 15 is 0 Å². The van der Waals surface area contributed by atoms with Crippen LogP contribution in [0.15, 0.2) is 85.0 Å². The van der Waals surface area contributed by atoms with Gasteiger partial charge in [-0.25, -0.2) is 9.59 Å². The predicted molar refractivity (Wildman–Crippen MR) is 108 cm³/mol. The molecule has 0 aliphatic heterocycles. The fourth-order valence-electron chi connectivity index (χ4n) is 2.10. The molecule has 6 heteroatoms. The molecule has 0 heterocycles. The number of esters is 2. The van der Waals surface area contributed by atoms with Crippen molar-refractivity contribution in [2.24, 2.45) is 0 Å². The molecule has 0 aromatic heterocycles. The van der Waals surface area contributed by atoms with Gasteiger partial charge in [0.1, 0.15) is 24.7 Å². The Balaban J connectivity index is 1.79. The van der Waals surface area contributed by atoms with Crippen LogP contribution in [0, 0.1) is 0 Å². The molecular formula is C23H24O6. The number of ether oxygens (including phenoxy) is 4. The fraction of sp³-hybridized carbons (Fsp3) is 0.217. The lowest BCUT2D eigenvalue weighted by Gasteiger charge is -2.25. The molecule has 0 bridgehead atoms. The quantitative estimate of drug-likeness (QED) is 0.342. The summed E-state index contributed by atoms with van der Waals surface area (Å²) in [6.07, 6.45) is 0. The van der Waals surface area contributed by atoms with Crippen molar-refractivity contribution in [1.29, 1.82) is 0 Å². The molecule has 0 saturated carbocycles. The van der Waals surface area contributed by atoms with Crippen LogP contribution in [0.4, 0.5) is 0 Å². The van der Waals surface area contributed by atoms with Gasteiger partial charge in [-0.1, -0.05) is 49.6 Å². The van der Waals surface area contributed by atoms with Gasteiger partial charge in [-0.3, -0.25) is 0 Å². The smallest absolute Gasteiger partial charge is 0.340 e. The van der Waals surface area contributed by atoms with Crippen LogP contribution < -0.4 is 9.47 Å². The molecule has 2 rings (SSSR count). The van der Waals surface area contributed by atoms with Gasteiger partial charge in [0.25, 0.3) is 5.79 Å². The lowest BCUT2D eigenvalue weighted by Crippen LogP contribution is -2.35.